The summed E-state index contributed by atoms with van der Waals surface area (Å²) in [6.07, 6.45) is 3.98. The maximum atomic E-state index is 12.6. The van der Waals surface area contributed by atoms with Gasteiger partial charge in [0.15, 0.2) is 0 Å². The molecule has 1 atom stereocenters. The summed E-state index contributed by atoms with van der Waals surface area (Å²) in [5.41, 5.74) is 2.47. The fourth-order valence-electron chi connectivity index (χ4n) is 2.77. The van der Waals surface area contributed by atoms with Crippen molar-refractivity contribution in [2.24, 2.45) is 0 Å². The quantitative estimate of drug-likeness (QED) is 0.655. The number of benzene rings is 2. The van der Waals surface area contributed by atoms with Gasteiger partial charge in [-0.1, -0.05) is 42.5 Å². The standard InChI is InChI=1S/C21H21N3O3/c1-27-21(26)19(14-16-6-3-2-4-7-16)23-20(25)18-10-8-17(9-11-18)15-24-13-5-12-22-24/h2-13,19H,14-15H2,1H3,(H,23,25)/t19-/m0/s1. The van der Waals surface area contributed by atoms with Gasteiger partial charge >= 0.3 is 5.97 Å². The average molecular weight is 363 g/mol. The second-order valence-electron chi connectivity index (χ2n) is 6.14. The molecule has 0 aliphatic heterocycles. The SMILES string of the molecule is COC(=O)[C@H](Cc1ccccc1)NC(=O)c1ccc(Cn2cccn2)cc1. The Bertz CT molecular complexity index is 875. The number of amides is 1. The van der Waals surface area contributed by atoms with E-state index < -0.39 is 12.0 Å². The molecule has 6 nitrogen and oxygen atoms in total. The lowest BCUT2D eigenvalue weighted by Gasteiger charge is -2.17. The van der Waals surface area contributed by atoms with Crippen LogP contribution >= 0.6 is 0 Å². The molecule has 0 bridgehead atoms. The van der Waals surface area contributed by atoms with Gasteiger partial charge in [-0.3, -0.25) is 9.48 Å². The van der Waals surface area contributed by atoms with E-state index in [0.29, 0.717) is 18.5 Å². The first kappa shape index (κ1) is 18.4. The lowest BCUT2D eigenvalue weighted by molar-refractivity contribution is -0.142. The van der Waals surface area contributed by atoms with Crippen LogP contribution in [-0.2, 0) is 22.5 Å². The number of rotatable bonds is 7. The van der Waals surface area contributed by atoms with Crippen molar-refractivity contribution in [1.29, 1.82) is 0 Å². The van der Waals surface area contributed by atoms with Crippen LogP contribution in [0.3, 0.4) is 0 Å². The molecular weight excluding hydrogens is 342 g/mol. The molecule has 1 heterocycles. The second-order valence-corrected chi connectivity index (χ2v) is 6.14. The van der Waals surface area contributed by atoms with Crippen molar-refractivity contribution in [3.8, 4) is 0 Å². The summed E-state index contributed by atoms with van der Waals surface area (Å²) >= 11 is 0. The van der Waals surface area contributed by atoms with Gasteiger partial charge < -0.3 is 10.1 Å². The van der Waals surface area contributed by atoms with Crippen molar-refractivity contribution >= 4 is 11.9 Å². The summed E-state index contributed by atoms with van der Waals surface area (Å²) in [7, 11) is 1.32. The Balaban J connectivity index is 1.66. The number of methoxy groups -OCH3 is 1. The van der Waals surface area contributed by atoms with Crippen LogP contribution in [0.5, 0.6) is 0 Å². The third-order valence-corrected chi connectivity index (χ3v) is 4.19. The Morgan fingerprint density at radius 3 is 2.41 bits per heavy atom. The molecule has 0 aliphatic rings. The van der Waals surface area contributed by atoms with E-state index in [4.69, 9.17) is 4.74 Å². The highest BCUT2D eigenvalue weighted by Crippen LogP contribution is 2.09. The average Bonchev–Trinajstić information content (AvgIpc) is 3.21. The van der Waals surface area contributed by atoms with E-state index in [1.165, 1.54) is 7.11 Å². The van der Waals surface area contributed by atoms with Gasteiger partial charge in [0.05, 0.1) is 13.7 Å². The molecule has 138 valence electrons. The largest absolute Gasteiger partial charge is 0.467 e. The highest BCUT2D eigenvalue weighted by molar-refractivity contribution is 5.96. The van der Waals surface area contributed by atoms with Crippen LogP contribution in [0.2, 0.25) is 0 Å². The normalized spacial score (nSPS) is 11.6. The van der Waals surface area contributed by atoms with E-state index in [9.17, 15) is 9.59 Å². The number of nitrogens with zero attached hydrogens (tertiary/aromatic N) is 2. The van der Waals surface area contributed by atoms with Crippen LogP contribution in [0, 0.1) is 0 Å². The lowest BCUT2D eigenvalue weighted by atomic mass is 10.1. The summed E-state index contributed by atoms with van der Waals surface area (Å²) in [5.74, 6) is -0.783. The van der Waals surface area contributed by atoms with Gasteiger partial charge in [0.25, 0.3) is 5.91 Å². The fraction of sp³-hybridized carbons (Fsp3) is 0.190. The van der Waals surface area contributed by atoms with Crippen molar-refractivity contribution < 1.29 is 14.3 Å². The van der Waals surface area contributed by atoms with E-state index in [1.807, 2.05) is 59.4 Å². The Kier molecular flexibility index (Phi) is 5.99. The monoisotopic (exact) mass is 363 g/mol. The van der Waals surface area contributed by atoms with Crippen LogP contribution in [-0.4, -0.2) is 34.8 Å². The van der Waals surface area contributed by atoms with Crippen molar-refractivity contribution in [2.45, 2.75) is 19.0 Å². The Labute approximate surface area is 157 Å². The first-order valence-corrected chi connectivity index (χ1v) is 8.64. The van der Waals surface area contributed by atoms with Crippen LogP contribution in [0.15, 0.2) is 73.1 Å². The number of esters is 1. The van der Waals surface area contributed by atoms with Gasteiger partial charge in [-0.15, -0.1) is 0 Å². The topological polar surface area (TPSA) is 73.2 Å². The summed E-state index contributed by atoms with van der Waals surface area (Å²) < 4.78 is 6.64. The summed E-state index contributed by atoms with van der Waals surface area (Å²) in [6, 6.07) is 17.9. The first-order valence-electron chi connectivity index (χ1n) is 8.64. The zero-order chi connectivity index (χ0) is 19.1. The molecule has 1 N–H and O–H groups in total. The Hall–Kier alpha value is -3.41. The zero-order valence-electron chi connectivity index (χ0n) is 15.0. The Morgan fingerprint density at radius 1 is 1.04 bits per heavy atom. The van der Waals surface area contributed by atoms with Crippen LogP contribution in [0.25, 0.3) is 0 Å². The lowest BCUT2D eigenvalue weighted by Crippen LogP contribution is -2.43. The highest BCUT2D eigenvalue weighted by atomic mass is 16.5. The molecule has 0 unspecified atom stereocenters. The molecule has 0 saturated carbocycles. The molecule has 1 amide bonds. The minimum absolute atomic E-state index is 0.313. The van der Waals surface area contributed by atoms with Gasteiger partial charge in [-0.2, -0.15) is 5.10 Å². The maximum Gasteiger partial charge on any atom is 0.328 e. The summed E-state index contributed by atoms with van der Waals surface area (Å²) in [5, 5.41) is 6.93. The van der Waals surface area contributed by atoms with Crippen molar-refractivity contribution in [2.75, 3.05) is 7.11 Å². The molecular formula is C21H21N3O3. The summed E-state index contributed by atoms with van der Waals surface area (Å²) in [4.78, 5) is 24.6. The number of nitrogens with one attached hydrogen (secondary N) is 1. The number of carbonyl (C=O) groups excluding carboxylic acids is 2. The number of hydrogen-bond acceptors (Lipinski definition) is 4. The van der Waals surface area contributed by atoms with E-state index >= 15 is 0 Å². The molecule has 0 spiro atoms. The second kappa shape index (κ2) is 8.80. The van der Waals surface area contributed by atoms with Crippen LogP contribution < -0.4 is 5.32 Å². The van der Waals surface area contributed by atoms with Gasteiger partial charge in [-0.05, 0) is 29.3 Å². The van der Waals surface area contributed by atoms with E-state index in [2.05, 4.69) is 10.4 Å². The minimum atomic E-state index is -0.742. The molecule has 27 heavy (non-hydrogen) atoms. The third-order valence-electron chi connectivity index (χ3n) is 4.19. The fourth-order valence-corrected chi connectivity index (χ4v) is 2.77. The van der Waals surface area contributed by atoms with Crippen LogP contribution in [0.4, 0.5) is 0 Å². The van der Waals surface area contributed by atoms with E-state index in [0.717, 1.165) is 11.1 Å². The molecule has 3 aromatic rings. The third kappa shape index (κ3) is 5.04. The molecule has 0 fully saturated rings. The molecule has 0 radical (unpaired) electrons. The number of hydrogen-bond donors (Lipinski definition) is 1. The number of ether oxygens (including phenoxy) is 1. The van der Waals surface area contributed by atoms with Gasteiger partial charge in [0, 0.05) is 24.4 Å². The highest BCUT2D eigenvalue weighted by Gasteiger charge is 2.22. The zero-order valence-corrected chi connectivity index (χ0v) is 15.0. The van der Waals surface area contributed by atoms with Gasteiger partial charge in [0.2, 0.25) is 0 Å². The molecule has 1 aromatic heterocycles. The molecule has 0 aliphatic carbocycles. The van der Waals surface area contributed by atoms with E-state index in [1.54, 1.807) is 18.3 Å². The van der Waals surface area contributed by atoms with Crippen molar-refractivity contribution in [3.05, 3.63) is 89.7 Å². The van der Waals surface area contributed by atoms with Crippen LogP contribution in [0.1, 0.15) is 21.5 Å². The van der Waals surface area contributed by atoms with Crippen molar-refractivity contribution in [3.63, 3.8) is 0 Å². The summed E-state index contributed by atoms with van der Waals surface area (Å²) in [6.45, 7) is 0.633. The number of aromatic nitrogens is 2. The Morgan fingerprint density at radius 2 is 1.78 bits per heavy atom. The van der Waals surface area contributed by atoms with Gasteiger partial charge in [0.1, 0.15) is 6.04 Å². The molecule has 3 rings (SSSR count). The van der Waals surface area contributed by atoms with Gasteiger partial charge in [-0.25, -0.2) is 4.79 Å². The molecule has 0 saturated heterocycles. The predicted molar refractivity (Wildman–Crippen MR) is 101 cm³/mol. The minimum Gasteiger partial charge on any atom is -0.467 e. The maximum absolute atomic E-state index is 12.6. The first-order chi connectivity index (χ1) is 13.2. The van der Waals surface area contributed by atoms with Crippen molar-refractivity contribution in [1.82, 2.24) is 15.1 Å². The predicted octanol–water partition coefficient (Wildman–Crippen LogP) is 2.45. The number of carbonyl (C=O) groups is 2. The smallest absolute Gasteiger partial charge is 0.328 e. The molecule has 6 heteroatoms. The van der Waals surface area contributed by atoms with E-state index in [-0.39, 0.29) is 5.91 Å². The molecule has 2 aromatic carbocycles.